The third kappa shape index (κ3) is 1.58. The first-order chi connectivity index (χ1) is 9.45. The maximum atomic E-state index is 12.2. The summed E-state index contributed by atoms with van der Waals surface area (Å²) in [5.41, 5.74) is -1.50. The Labute approximate surface area is 117 Å². The van der Waals surface area contributed by atoms with Gasteiger partial charge in [0, 0.05) is 24.4 Å². The number of Topliss-reactive ketones (excluding diaryl/α,β-unsaturated/α-hetero) is 1. The zero-order chi connectivity index (χ0) is 14.5. The molecular weight excluding hydrogens is 284 g/mol. The van der Waals surface area contributed by atoms with E-state index < -0.39 is 29.0 Å². The number of thiazole rings is 1. The molecule has 0 radical (unpaired) electrons. The number of rotatable bonds is 2. The molecule has 1 atom stereocenters. The molecule has 1 fully saturated rings. The van der Waals surface area contributed by atoms with Crippen LogP contribution < -0.4 is 0 Å². The van der Waals surface area contributed by atoms with Gasteiger partial charge in [0.2, 0.25) is 23.2 Å². The number of likely N-dealkylation sites (tertiary alicyclic amines) is 1. The number of amides is 2. The maximum Gasteiger partial charge on any atom is 0.253 e. The molecule has 0 aliphatic carbocycles. The van der Waals surface area contributed by atoms with Crippen molar-refractivity contribution in [2.45, 2.75) is 25.4 Å². The van der Waals surface area contributed by atoms with Crippen molar-refractivity contribution in [3.63, 3.8) is 0 Å². The normalized spacial score (nSPS) is 26.6. The molecule has 104 valence electrons. The molecule has 0 aromatic carbocycles. The summed E-state index contributed by atoms with van der Waals surface area (Å²) in [7, 11) is 0. The van der Waals surface area contributed by atoms with E-state index >= 15 is 0 Å². The molecule has 7 nitrogen and oxygen atoms in total. The molecule has 1 unspecified atom stereocenters. The lowest BCUT2D eigenvalue weighted by Gasteiger charge is -2.22. The number of aromatic nitrogens is 1. The fourth-order valence-corrected chi connectivity index (χ4v) is 2.90. The maximum absolute atomic E-state index is 12.2. The van der Waals surface area contributed by atoms with E-state index in [0.29, 0.717) is 5.01 Å². The highest BCUT2D eigenvalue weighted by Crippen LogP contribution is 2.40. The highest BCUT2D eigenvalue weighted by molar-refractivity contribution is 7.09. The lowest BCUT2D eigenvalue weighted by molar-refractivity contribution is -0.144. The van der Waals surface area contributed by atoms with E-state index in [2.05, 4.69) is 4.98 Å². The zero-order valence-electron chi connectivity index (χ0n) is 10.5. The van der Waals surface area contributed by atoms with E-state index in [-0.39, 0.29) is 18.7 Å². The minimum absolute atomic E-state index is 0.0428. The highest BCUT2D eigenvalue weighted by Gasteiger charge is 2.53. The predicted molar refractivity (Wildman–Crippen MR) is 66.3 cm³/mol. The van der Waals surface area contributed by atoms with Gasteiger partial charge in [-0.3, -0.25) is 14.4 Å². The van der Waals surface area contributed by atoms with Crippen molar-refractivity contribution in [1.82, 2.24) is 9.88 Å². The minimum Gasteiger partial charge on any atom is -0.501 e. The van der Waals surface area contributed by atoms with Crippen LogP contribution in [-0.4, -0.2) is 32.6 Å². The molecule has 1 N–H and O–H groups in total. The third-order valence-corrected chi connectivity index (χ3v) is 4.22. The Balaban J connectivity index is 2.01. The van der Waals surface area contributed by atoms with E-state index in [0.717, 1.165) is 4.90 Å². The molecule has 1 aromatic rings. The fraction of sp³-hybridized carbons (Fsp3) is 0.333. The van der Waals surface area contributed by atoms with Crippen LogP contribution in [0, 0.1) is 0 Å². The number of carbonyl (C=O) groups is 3. The number of aliphatic hydroxyl groups is 1. The molecule has 2 aliphatic heterocycles. The van der Waals surface area contributed by atoms with Gasteiger partial charge in [-0.05, 0) is 6.92 Å². The van der Waals surface area contributed by atoms with E-state index in [4.69, 9.17) is 4.74 Å². The van der Waals surface area contributed by atoms with E-state index in [1.54, 1.807) is 5.38 Å². The number of hydrogen-bond acceptors (Lipinski definition) is 7. The summed E-state index contributed by atoms with van der Waals surface area (Å²) in [4.78, 5) is 40.3. The molecular formula is C12H10N2O5S. The first-order valence-corrected chi connectivity index (χ1v) is 6.76. The van der Waals surface area contributed by atoms with Crippen LogP contribution in [0.15, 0.2) is 23.2 Å². The van der Waals surface area contributed by atoms with Gasteiger partial charge in [0.05, 0.1) is 0 Å². The van der Waals surface area contributed by atoms with Gasteiger partial charge >= 0.3 is 0 Å². The van der Waals surface area contributed by atoms with Crippen LogP contribution in [0.25, 0.3) is 0 Å². The Morgan fingerprint density at radius 1 is 1.35 bits per heavy atom. The molecule has 20 heavy (non-hydrogen) atoms. The van der Waals surface area contributed by atoms with Crippen LogP contribution in [0.3, 0.4) is 0 Å². The molecule has 0 bridgehead atoms. The van der Waals surface area contributed by atoms with Crippen LogP contribution in [0.2, 0.25) is 0 Å². The summed E-state index contributed by atoms with van der Waals surface area (Å²) >= 11 is 1.19. The Bertz CT molecular complexity index is 635. The molecule has 2 aliphatic rings. The number of carbonyl (C=O) groups excluding carboxylic acids is 3. The summed E-state index contributed by atoms with van der Waals surface area (Å²) in [5, 5.41) is 11.9. The SMILES string of the molecule is CC1(c2nccs2)OC(N2C(=O)CCC2=O)=C(O)C1=O. The van der Waals surface area contributed by atoms with Crippen LogP contribution >= 0.6 is 11.3 Å². The molecule has 0 spiro atoms. The van der Waals surface area contributed by atoms with Crippen molar-refractivity contribution in [3.05, 3.63) is 28.2 Å². The van der Waals surface area contributed by atoms with Crippen LogP contribution in [0.1, 0.15) is 24.8 Å². The Morgan fingerprint density at radius 3 is 2.55 bits per heavy atom. The number of nitrogens with zero attached hydrogens (tertiary/aromatic N) is 2. The molecule has 1 aromatic heterocycles. The molecule has 1 saturated heterocycles. The first kappa shape index (κ1) is 12.8. The highest BCUT2D eigenvalue weighted by atomic mass is 32.1. The van der Waals surface area contributed by atoms with E-state index in [9.17, 15) is 19.5 Å². The first-order valence-electron chi connectivity index (χ1n) is 5.88. The Morgan fingerprint density at radius 2 is 2.00 bits per heavy atom. The van der Waals surface area contributed by atoms with Crippen molar-refractivity contribution in [2.24, 2.45) is 0 Å². The van der Waals surface area contributed by atoms with Crippen LogP contribution in [0.5, 0.6) is 0 Å². The zero-order valence-corrected chi connectivity index (χ0v) is 11.3. The van der Waals surface area contributed by atoms with Crippen molar-refractivity contribution >= 4 is 28.9 Å². The average molecular weight is 294 g/mol. The van der Waals surface area contributed by atoms with Crippen molar-refractivity contribution in [1.29, 1.82) is 0 Å². The lowest BCUT2D eigenvalue weighted by atomic mass is 10.0. The third-order valence-electron chi connectivity index (χ3n) is 3.25. The van der Waals surface area contributed by atoms with Gasteiger partial charge in [-0.1, -0.05) is 0 Å². The van der Waals surface area contributed by atoms with Gasteiger partial charge in [0.1, 0.15) is 5.01 Å². The fourth-order valence-electron chi connectivity index (χ4n) is 2.17. The van der Waals surface area contributed by atoms with Gasteiger partial charge in [0.25, 0.3) is 11.7 Å². The van der Waals surface area contributed by atoms with Crippen molar-refractivity contribution < 1.29 is 24.2 Å². The molecule has 3 rings (SSSR count). The largest absolute Gasteiger partial charge is 0.501 e. The number of ether oxygens (including phenoxy) is 1. The topological polar surface area (TPSA) is 96.8 Å². The smallest absolute Gasteiger partial charge is 0.253 e. The second-order valence-electron chi connectivity index (χ2n) is 4.58. The summed E-state index contributed by atoms with van der Waals surface area (Å²) in [6.07, 6.45) is 1.59. The Hall–Kier alpha value is -2.22. The number of hydrogen-bond donors (Lipinski definition) is 1. The van der Waals surface area contributed by atoms with E-state index in [1.807, 2.05) is 0 Å². The summed E-state index contributed by atoms with van der Waals surface area (Å²) in [6.45, 7) is 1.45. The lowest BCUT2D eigenvalue weighted by Crippen LogP contribution is -2.33. The minimum atomic E-state index is -1.50. The van der Waals surface area contributed by atoms with Gasteiger partial charge in [-0.2, -0.15) is 0 Å². The van der Waals surface area contributed by atoms with Crippen LogP contribution in [-0.2, 0) is 24.7 Å². The second-order valence-corrected chi connectivity index (χ2v) is 5.47. The van der Waals surface area contributed by atoms with Crippen LogP contribution in [0.4, 0.5) is 0 Å². The molecule has 0 saturated carbocycles. The second kappa shape index (κ2) is 4.14. The summed E-state index contributed by atoms with van der Waals surface area (Å²) in [5.74, 6) is -2.80. The van der Waals surface area contributed by atoms with Crippen molar-refractivity contribution in [2.75, 3.05) is 0 Å². The molecule has 3 heterocycles. The quantitative estimate of drug-likeness (QED) is 0.812. The van der Waals surface area contributed by atoms with Gasteiger partial charge in [-0.25, -0.2) is 9.88 Å². The van der Waals surface area contributed by atoms with E-state index in [1.165, 1.54) is 24.5 Å². The number of imide groups is 1. The number of aliphatic hydroxyl groups excluding tert-OH is 1. The van der Waals surface area contributed by atoms with Crippen molar-refractivity contribution in [3.8, 4) is 0 Å². The standard InChI is InChI=1S/C12H10N2O5S/c1-12(11-13-4-5-20-11)9(18)8(17)10(19-12)14-6(15)2-3-7(14)16/h4-5,17H,2-3H2,1H3. The van der Waals surface area contributed by atoms with Gasteiger partial charge in [0.15, 0.2) is 0 Å². The summed E-state index contributed by atoms with van der Waals surface area (Å²) < 4.78 is 5.45. The predicted octanol–water partition coefficient (Wildman–Crippen LogP) is 0.834. The summed E-state index contributed by atoms with van der Waals surface area (Å²) in [6, 6.07) is 0. The average Bonchev–Trinajstić information content (AvgIpc) is 3.09. The monoisotopic (exact) mass is 294 g/mol. The molecule has 8 heteroatoms. The van der Waals surface area contributed by atoms with Gasteiger partial charge < -0.3 is 9.84 Å². The number of ketones is 1. The van der Waals surface area contributed by atoms with Gasteiger partial charge in [-0.15, -0.1) is 11.3 Å². The Kier molecular flexibility index (Phi) is 2.65. The molecule has 2 amide bonds.